The molecule has 0 fully saturated rings. The Hall–Kier alpha value is -3.70. The smallest absolute Gasteiger partial charge is 0.330 e. The number of urea groups is 1. The van der Waals surface area contributed by atoms with Gasteiger partial charge in [-0.2, -0.15) is 4.98 Å². The molecule has 1 atom stereocenters. The Balaban J connectivity index is 1.51. The molecule has 192 valence electrons. The largest absolute Gasteiger partial charge is 0.464 e. The zero-order valence-corrected chi connectivity index (χ0v) is 22.2. The molecule has 3 heterocycles. The number of carbonyl (C=O) groups is 1. The average molecular weight is 569 g/mol. The van der Waals surface area contributed by atoms with E-state index in [2.05, 4.69) is 31.9 Å². The lowest BCUT2D eigenvalue weighted by atomic mass is 9.97. The molecular weight excluding hydrogens is 543 g/mol. The first kappa shape index (κ1) is 25.0. The highest BCUT2D eigenvalue weighted by atomic mass is 79.9. The standard InChI is InChI=1S/C26H26BrFN6O3/c1-31(2)14-17-6-4-7-19(12-17)34(22-16-36-10-11-37-22)25-29-13-18-15-33(26(35)32(3)24(18)30-25)23-20(27)8-5-9-21(23)28/h4-11,13,16-17H,12,14-15H2,1-3H3. The summed E-state index contributed by atoms with van der Waals surface area (Å²) >= 11 is 3.37. The SMILES string of the molecule is CN(C)CC1C=CC=C(N(C2=COC=CO2)c2ncc3c(n2)N(C)C(=O)N(c2c(F)cccc2Br)C3)C1. The molecule has 11 heteroatoms. The molecule has 9 nitrogen and oxygen atoms in total. The molecule has 1 aliphatic carbocycles. The van der Waals surface area contributed by atoms with E-state index < -0.39 is 11.8 Å². The molecule has 37 heavy (non-hydrogen) atoms. The predicted molar refractivity (Wildman–Crippen MR) is 142 cm³/mol. The van der Waals surface area contributed by atoms with Crippen LogP contribution in [0, 0.1) is 11.7 Å². The van der Waals surface area contributed by atoms with Gasteiger partial charge in [0, 0.05) is 35.5 Å². The van der Waals surface area contributed by atoms with Gasteiger partial charge in [-0.3, -0.25) is 9.80 Å². The maximum absolute atomic E-state index is 14.7. The summed E-state index contributed by atoms with van der Waals surface area (Å²) in [6, 6.07) is 4.20. The van der Waals surface area contributed by atoms with Crippen LogP contribution < -0.4 is 14.7 Å². The van der Waals surface area contributed by atoms with Crippen molar-refractivity contribution in [2.45, 2.75) is 13.0 Å². The van der Waals surface area contributed by atoms with E-state index in [1.807, 2.05) is 26.2 Å². The molecule has 0 bridgehead atoms. The van der Waals surface area contributed by atoms with Crippen molar-refractivity contribution in [3.63, 3.8) is 0 Å². The number of rotatable bonds is 6. The highest BCUT2D eigenvalue weighted by molar-refractivity contribution is 9.10. The molecule has 3 aliphatic rings. The molecule has 1 unspecified atom stereocenters. The zero-order valence-electron chi connectivity index (χ0n) is 20.6. The molecule has 2 aliphatic heterocycles. The molecule has 0 saturated carbocycles. The highest BCUT2D eigenvalue weighted by Gasteiger charge is 2.34. The number of benzene rings is 1. The second kappa shape index (κ2) is 10.3. The first-order chi connectivity index (χ1) is 17.8. The number of hydrogen-bond donors (Lipinski definition) is 0. The maximum atomic E-state index is 14.7. The van der Waals surface area contributed by atoms with E-state index >= 15 is 0 Å². The third-order valence-electron chi connectivity index (χ3n) is 6.14. The van der Waals surface area contributed by atoms with E-state index in [0.29, 0.717) is 27.7 Å². The van der Waals surface area contributed by atoms with Gasteiger partial charge in [-0.15, -0.1) is 0 Å². The lowest BCUT2D eigenvalue weighted by Gasteiger charge is -2.36. The van der Waals surface area contributed by atoms with Crippen molar-refractivity contribution in [1.82, 2.24) is 14.9 Å². The Morgan fingerprint density at radius 1 is 1.27 bits per heavy atom. The fraction of sp³-hybridized carbons (Fsp3) is 0.269. The van der Waals surface area contributed by atoms with Crippen LogP contribution in [0.25, 0.3) is 0 Å². The van der Waals surface area contributed by atoms with E-state index in [1.165, 1.54) is 34.7 Å². The van der Waals surface area contributed by atoms with E-state index in [1.54, 1.807) is 30.3 Å². The van der Waals surface area contributed by atoms with Gasteiger partial charge in [0.1, 0.15) is 24.2 Å². The van der Waals surface area contributed by atoms with Crippen molar-refractivity contribution in [2.75, 3.05) is 42.4 Å². The minimum Gasteiger partial charge on any atom is -0.464 e. The van der Waals surface area contributed by atoms with Crippen LogP contribution in [0.1, 0.15) is 12.0 Å². The fourth-order valence-electron chi connectivity index (χ4n) is 4.55. The number of halogens is 2. The molecule has 5 rings (SSSR count). The fourth-order valence-corrected chi connectivity index (χ4v) is 5.10. The van der Waals surface area contributed by atoms with E-state index in [9.17, 15) is 9.18 Å². The first-order valence-electron chi connectivity index (χ1n) is 11.7. The maximum Gasteiger partial charge on any atom is 0.330 e. The molecule has 0 saturated heterocycles. The summed E-state index contributed by atoms with van der Waals surface area (Å²) in [5, 5.41) is 0. The zero-order chi connectivity index (χ0) is 26.1. The number of nitrogens with zero attached hydrogens (tertiary/aromatic N) is 6. The summed E-state index contributed by atoms with van der Waals surface area (Å²) in [6.07, 6.45) is 12.9. The molecule has 1 aromatic carbocycles. The third kappa shape index (κ3) is 4.96. The van der Waals surface area contributed by atoms with Gasteiger partial charge in [0.2, 0.25) is 11.8 Å². The number of fused-ring (bicyclic) bond motifs is 1. The van der Waals surface area contributed by atoms with Gasteiger partial charge in [-0.1, -0.05) is 18.2 Å². The Kier molecular flexibility index (Phi) is 6.98. The van der Waals surface area contributed by atoms with Crippen LogP contribution >= 0.6 is 15.9 Å². The van der Waals surface area contributed by atoms with Gasteiger partial charge in [0.15, 0.2) is 6.26 Å². The Morgan fingerprint density at radius 3 is 2.84 bits per heavy atom. The van der Waals surface area contributed by atoms with Crippen molar-refractivity contribution < 1.29 is 18.7 Å². The molecule has 0 spiro atoms. The summed E-state index contributed by atoms with van der Waals surface area (Å²) in [5.74, 6) is 0.951. The van der Waals surface area contributed by atoms with E-state index in [0.717, 1.165) is 18.7 Å². The highest BCUT2D eigenvalue weighted by Crippen LogP contribution is 2.37. The Bertz CT molecular complexity index is 1320. The number of allylic oxidation sites excluding steroid dienone is 3. The number of ether oxygens (including phenoxy) is 2. The van der Waals surface area contributed by atoms with Crippen LogP contribution in [-0.4, -0.2) is 48.6 Å². The van der Waals surface area contributed by atoms with Crippen molar-refractivity contribution in [3.05, 3.63) is 88.8 Å². The first-order valence-corrected chi connectivity index (χ1v) is 12.5. The number of carbonyl (C=O) groups excluding carboxylic acids is 1. The third-order valence-corrected chi connectivity index (χ3v) is 6.78. The monoisotopic (exact) mass is 568 g/mol. The minimum atomic E-state index is -0.498. The van der Waals surface area contributed by atoms with E-state index in [-0.39, 0.29) is 18.2 Å². The van der Waals surface area contributed by atoms with Crippen LogP contribution in [0.3, 0.4) is 0 Å². The number of hydrogen-bond acceptors (Lipinski definition) is 7. The second-order valence-electron chi connectivity index (χ2n) is 9.10. The summed E-state index contributed by atoms with van der Waals surface area (Å²) in [6.45, 7) is 1.00. The van der Waals surface area contributed by atoms with Gasteiger partial charge in [0.25, 0.3) is 0 Å². The molecule has 0 radical (unpaired) electrons. The van der Waals surface area contributed by atoms with Gasteiger partial charge < -0.3 is 14.4 Å². The molecule has 1 aromatic heterocycles. The summed E-state index contributed by atoms with van der Waals surface area (Å²) < 4.78 is 26.3. The number of amides is 2. The van der Waals surface area contributed by atoms with Crippen LogP contribution in [0.4, 0.5) is 26.6 Å². The summed E-state index contributed by atoms with van der Waals surface area (Å²) in [7, 11) is 5.69. The van der Waals surface area contributed by atoms with Crippen LogP contribution in [0.5, 0.6) is 0 Å². The molecular formula is C26H26BrFN6O3. The van der Waals surface area contributed by atoms with Crippen molar-refractivity contribution in [2.24, 2.45) is 5.92 Å². The average Bonchev–Trinajstić information content (AvgIpc) is 2.88. The predicted octanol–water partition coefficient (Wildman–Crippen LogP) is 5.10. The molecule has 2 aromatic rings. The van der Waals surface area contributed by atoms with Crippen LogP contribution in [-0.2, 0) is 16.0 Å². The topological polar surface area (TPSA) is 74.3 Å². The van der Waals surface area contributed by atoms with Gasteiger partial charge in [-0.05, 0) is 60.6 Å². The quantitative estimate of drug-likeness (QED) is 0.480. The van der Waals surface area contributed by atoms with Crippen LogP contribution in [0.2, 0.25) is 0 Å². The van der Waals surface area contributed by atoms with Crippen molar-refractivity contribution in [1.29, 1.82) is 0 Å². The number of para-hydroxylation sites is 1. The Labute approximate surface area is 222 Å². The van der Waals surface area contributed by atoms with Gasteiger partial charge in [0.05, 0.1) is 12.2 Å². The lowest BCUT2D eigenvalue weighted by Crippen LogP contribution is -2.46. The second-order valence-corrected chi connectivity index (χ2v) is 9.96. The normalized spacial score (nSPS) is 18.8. The van der Waals surface area contributed by atoms with Gasteiger partial charge >= 0.3 is 6.03 Å². The number of anilines is 3. The molecule has 0 N–H and O–H groups in total. The van der Waals surface area contributed by atoms with Crippen LogP contribution in [0.15, 0.2) is 77.5 Å². The molecule has 2 amide bonds. The minimum absolute atomic E-state index is 0.125. The Morgan fingerprint density at radius 2 is 2.11 bits per heavy atom. The summed E-state index contributed by atoms with van der Waals surface area (Å²) in [5.41, 5.74) is 1.77. The van der Waals surface area contributed by atoms with E-state index in [4.69, 9.17) is 14.5 Å². The van der Waals surface area contributed by atoms with Crippen molar-refractivity contribution in [3.8, 4) is 0 Å². The van der Waals surface area contributed by atoms with Gasteiger partial charge in [-0.25, -0.2) is 19.1 Å². The summed E-state index contributed by atoms with van der Waals surface area (Å²) in [4.78, 5) is 29.4. The number of aromatic nitrogens is 2. The van der Waals surface area contributed by atoms with Crippen molar-refractivity contribution >= 4 is 39.4 Å². The lowest BCUT2D eigenvalue weighted by molar-refractivity contribution is 0.249.